The molecule has 0 aliphatic rings. The van der Waals surface area contributed by atoms with Gasteiger partial charge in [-0.15, -0.1) is 11.3 Å². The number of rotatable bonds is 6. The molecule has 0 bridgehead atoms. The maximum absolute atomic E-state index is 14.0. The third-order valence-electron chi connectivity index (χ3n) is 3.07. The molecule has 1 atom stereocenters. The number of likely N-dealkylation sites (N-methyl/N-ethyl adjacent to an activating group) is 1. The van der Waals surface area contributed by atoms with Crippen LogP contribution >= 0.6 is 38.9 Å². The van der Waals surface area contributed by atoms with Gasteiger partial charge in [0.05, 0.1) is 8.81 Å². The van der Waals surface area contributed by atoms with E-state index in [1.165, 1.54) is 4.88 Å². The molecule has 0 aliphatic carbocycles. The van der Waals surface area contributed by atoms with Gasteiger partial charge in [-0.25, -0.2) is 4.39 Å². The summed E-state index contributed by atoms with van der Waals surface area (Å²) in [5, 5.41) is 3.61. The summed E-state index contributed by atoms with van der Waals surface area (Å²) in [7, 11) is 0. The fourth-order valence-corrected chi connectivity index (χ4v) is 3.94. The molecule has 0 fully saturated rings. The summed E-state index contributed by atoms with van der Waals surface area (Å²) >= 11 is 11.0. The Bertz CT molecular complexity index is 573. The van der Waals surface area contributed by atoms with Gasteiger partial charge in [0.1, 0.15) is 5.82 Å². The Morgan fingerprint density at radius 2 is 2.10 bits per heavy atom. The lowest BCUT2D eigenvalue weighted by Gasteiger charge is -2.18. The molecular weight excluding hydrogens is 361 g/mol. The average Bonchev–Trinajstić information content (AvgIpc) is 2.81. The van der Waals surface area contributed by atoms with Crippen LogP contribution in [0.5, 0.6) is 0 Å². The molecule has 108 valence electrons. The topological polar surface area (TPSA) is 12.0 Å². The summed E-state index contributed by atoms with van der Waals surface area (Å²) < 4.78 is 15.1. The Morgan fingerprint density at radius 1 is 1.30 bits per heavy atom. The van der Waals surface area contributed by atoms with Gasteiger partial charge in [0.15, 0.2) is 0 Å². The molecule has 0 amide bonds. The largest absolute Gasteiger partial charge is 0.314 e. The second kappa shape index (κ2) is 7.55. The fraction of sp³-hybridized carbons (Fsp3) is 0.333. The van der Waals surface area contributed by atoms with Gasteiger partial charge in [-0.3, -0.25) is 0 Å². The number of hydrogen-bond donors (Lipinski definition) is 1. The molecule has 0 spiro atoms. The molecule has 2 aromatic rings. The van der Waals surface area contributed by atoms with Gasteiger partial charge in [0.2, 0.25) is 0 Å². The van der Waals surface area contributed by atoms with Gasteiger partial charge in [0, 0.05) is 10.9 Å². The van der Waals surface area contributed by atoms with Gasteiger partial charge in [-0.05, 0) is 59.1 Å². The summed E-state index contributed by atoms with van der Waals surface area (Å²) in [6, 6.07) is 9.54. The third kappa shape index (κ3) is 4.29. The van der Waals surface area contributed by atoms with E-state index in [1.54, 1.807) is 29.5 Å². The average molecular weight is 377 g/mol. The molecule has 0 radical (unpaired) electrons. The van der Waals surface area contributed by atoms with Crippen LogP contribution in [0.2, 0.25) is 5.02 Å². The number of hydrogen-bond acceptors (Lipinski definition) is 2. The summed E-state index contributed by atoms with van der Waals surface area (Å²) in [6.07, 6.45) is 1.52. The minimum atomic E-state index is -0.301. The molecule has 0 aliphatic heterocycles. The summed E-state index contributed by atoms with van der Waals surface area (Å²) in [6.45, 7) is 2.92. The third-order valence-corrected chi connectivity index (χ3v) is 5.00. The van der Waals surface area contributed by atoms with Crippen LogP contribution < -0.4 is 5.32 Å². The highest BCUT2D eigenvalue weighted by atomic mass is 79.9. The predicted octanol–water partition coefficient (Wildman–Crippen LogP) is 5.07. The molecule has 0 saturated heterocycles. The van der Waals surface area contributed by atoms with Crippen molar-refractivity contribution in [3.05, 3.63) is 55.4 Å². The number of thiophene rings is 1. The highest BCUT2D eigenvalue weighted by Crippen LogP contribution is 2.25. The highest BCUT2D eigenvalue weighted by Gasteiger charge is 2.14. The van der Waals surface area contributed by atoms with Crippen LogP contribution in [-0.2, 0) is 12.8 Å². The van der Waals surface area contributed by atoms with E-state index < -0.39 is 0 Å². The summed E-state index contributed by atoms with van der Waals surface area (Å²) in [4.78, 5) is 1.28. The van der Waals surface area contributed by atoms with Crippen molar-refractivity contribution < 1.29 is 4.39 Å². The van der Waals surface area contributed by atoms with E-state index in [0.717, 1.165) is 16.8 Å². The zero-order valence-electron chi connectivity index (χ0n) is 11.1. The van der Waals surface area contributed by atoms with Crippen LogP contribution in [-0.4, -0.2) is 12.6 Å². The Kier molecular flexibility index (Phi) is 6.02. The molecule has 1 N–H and O–H groups in total. The molecule has 1 aromatic heterocycles. The molecule has 5 heteroatoms. The Balaban J connectivity index is 2.10. The molecular formula is C15H16BrClFNS. The molecule has 1 aromatic carbocycles. The van der Waals surface area contributed by atoms with Gasteiger partial charge in [0.25, 0.3) is 0 Å². The standard InChI is InChI=1S/C15H16BrClFNS/c1-2-19-11(9-12-6-7-14(16)20-12)8-10-4-3-5-13(17)15(10)18/h3-7,11,19H,2,8-9H2,1H3. The molecule has 1 heterocycles. The maximum atomic E-state index is 14.0. The molecule has 0 saturated carbocycles. The van der Waals surface area contributed by atoms with E-state index in [9.17, 15) is 4.39 Å². The minimum absolute atomic E-state index is 0.191. The first-order valence-electron chi connectivity index (χ1n) is 6.50. The van der Waals surface area contributed by atoms with Crippen molar-refractivity contribution in [1.29, 1.82) is 0 Å². The summed E-state index contributed by atoms with van der Waals surface area (Å²) in [5.74, 6) is -0.301. The van der Waals surface area contributed by atoms with Crippen LogP contribution in [0, 0.1) is 5.82 Å². The highest BCUT2D eigenvalue weighted by molar-refractivity contribution is 9.11. The van der Waals surface area contributed by atoms with Gasteiger partial charge < -0.3 is 5.32 Å². The minimum Gasteiger partial charge on any atom is -0.314 e. The summed E-state index contributed by atoms with van der Waals surface area (Å²) in [5.41, 5.74) is 0.666. The van der Waals surface area contributed by atoms with Crippen molar-refractivity contribution in [2.45, 2.75) is 25.8 Å². The van der Waals surface area contributed by atoms with Crippen LogP contribution in [0.3, 0.4) is 0 Å². The van der Waals surface area contributed by atoms with E-state index in [-0.39, 0.29) is 16.9 Å². The quantitative estimate of drug-likeness (QED) is 0.742. The first-order valence-corrected chi connectivity index (χ1v) is 8.49. The first-order chi connectivity index (χ1) is 9.60. The Hall–Kier alpha value is -0.420. The Labute approximate surface area is 136 Å². The van der Waals surface area contributed by atoms with Crippen LogP contribution in [0.15, 0.2) is 34.1 Å². The first kappa shape index (κ1) is 16.0. The van der Waals surface area contributed by atoms with Crippen molar-refractivity contribution in [3.8, 4) is 0 Å². The van der Waals surface area contributed by atoms with Crippen molar-refractivity contribution >= 4 is 38.9 Å². The van der Waals surface area contributed by atoms with E-state index in [4.69, 9.17) is 11.6 Å². The lowest BCUT2D eigenvalue weighted by molar-refractivity contribution is 0.508. The second-order valence-corrected chi connectivity index (χ2v) is 7.54. The maximum Gasteiger partial charge on any atom is 0.145 e. The van der Waals surface area contributed by atoms with Crippen molar-refractivity contribution in [1.82, 2.24) is 5.32 Å². The molecule has 1 nitrogen and oxygen atoms in total. The second-order valence-electron chi connectivity index (χ2n) is 4.58. The zero-order valence-corrected chi connectivity index (χ0v) is 14.3. The smallest absolute Gasteiger partial charge is 0.145 e. The van der Waals surface area contributed by atoms with E-state index >= 15 is 0 Å². The monoisotopic (exact) mass is 375 g/mol. The van der Waals surface area contributed by atoms with E-state index in [2.05, 4.69) is 34.2 Å². The van der Waals surface area contributed by atoms with Gasteiger partial charge in [-0.1, -0.05) is 30.7 Å². The molecule has 20 heavy (non-hydrogen) atoms. The van der Waals surface area contributed by atoms with Crippen molar-refractivity contribution in [2.75, 3.05) is 6.54 Å². The number of halogens is 3. The predicted molar refractivity (Wildman–Crippen MR) is 88.3 cm³/mol. The van der Waals surface area contributed by atoms with E-state index in [0.29, 0.717) is 12.0 Å². The van der Waals surface area contributed by atoms with Crippen LogP contribution in [0.4, 0.5) is 4.39 Å². The van der Waals surface area contributed by atoms with Crippen molar-refractivity contribution in [2.24, 2.45) is 0 Å². The van der Waals surface area contributed by atoms with Crippen LogP contribution in [0.25, 0.3) is 0 Å². The Morgan fingerprint density at radius 3 is 2.75 bits per heavy atom. The van der Waals surface area contributed by atoms with E-state index in [1.807, 2.05) is 6.07 Å². The lowest BCUT2D eigenvalue weighted by Crippen LogP contribution is -2.33. The fourth-order valence-electron chi connectivity index (χ4n) is 2.18. The zero-order chi connectivity index (χ0) is 14.5. The number of benzene rings is 1. The lowest BCUT2D eigenvalue weighted by atomic mass is 10.0. The van der Waals surface area contributed by atoms with Gasteiger partial charge >= 0.3 is 0 Å². The normalized spacial score (nSPS) is 12.6. The van der Waals surface area contributed by atoms with Crippen LogP contribution in [0.1, 0.15) is 17.4 Å². The molecule has 2 rings (SSSR count). The van der Waals surface area contributed by atoms with Crippen molar-refractivity contribution in [3.63, 3.8) is 0 Å². The number of nitrogens with one attached hydrogen (secondary N) is 1. The van der Waals surface area contributed by atoms with Gasteiger partial charge in [-0.2, -0.15) is 0 Å². The molecule has 1 unspecified atom stereocenters. The SMILES string of the molecule is CCNC(Cc1ccc(Br)s1)Cc1cccc(Cl)c1F.